The van der Waals surface area contributed by atoms with E-state index in [0.717, 1.165) is 103 Å². The molecule has 0 spiro atoms. The van der Waals surface area contributed by atoms with Gasteiger partial charge in [0.2, 0.25) is 5.91 Å². The molecule has 65 heavy (non-hydrogen) atoms. The summed E-state index contributed by atoms with van der Waals surface area (Å²) in [6, 6.07) is -0.868. The molecule has 3 atom stereocenters. The number of phosphoric ester groups is 1. The third-order valence-electron chi connectivity index (χ3n) is 10.7. The Kier molecular flexibility index (Phi) is 44.3. The molecule has 0 aromatic heterocycles. The molecule has 0 aromatic carbocycles. The minimum atomic E-state index is -4.36. The van der Waals surface area contributed by atoms with Gasteiger partial charge in [-0.15, -0.1) is 0 Å². The van der Waals surface area contributed by atoms with Gasteiger partial charge in [0, 0.05) is 6.42 Å². The number of phosphoric acid groups is 1. The summed E-state index contributed by atoms with van der Waals surface area (Å²) in [4.78, 5) is 23.2. The predicted molar refractivity (Wildman–Crippen MR) is 281 cm³/mol. The van der Waals surface area contributed by atoms with E-state index in [1.54, 1.807) is 6.08 Å². The topological polar surface area (TPSA) is 105 Å². The number of rotatable bonds is 45. The molecule has 9 heteroatoms. The lowest BCUT2D eigenvalue weighted by Gasteiger charge is -2.25. The first-order valence-electron chi connectivity index (χ1n) is 25.8. The number of amides is 1. The van der Waals surface area contributed by atoms with Gasteiger partial charge < -0.3 is 19.8 Å². The van der Waals surface area contributed by atoms with Crippen LogP contribution in [0.5, 0.6) is 0 Å². The van der Waals surface area contributed by atoms with Crippen molar-refractivity contribution in [2.45, 2.75) is 199 Å². The molecule has 3 N–H and O–H groups in total. The molecule has 0 radical (unpaired) electrons. The summed E-state index contributed by atoms with van der Waals surface area (Å²) in [7, 11) is 1.53. The molecule has 0 aliphatic heterocycles. The minimum absolute atomic E-state index is 0.0500. The van der Waals surface area contributed by atoms with Gasteiger partial charge in [-0.25, -0.2) is 4.57 Å². The predicted octanol–water partition coefficient (Wildman–Crippen LogP) is 15.3. The van der Waals surface area contributed by atoms with Crippen LogP contribution in [0.15, 0.2) is 109 Å². The number of aliphatic hydroxyl groups excluding tert-OH is 1. The van der Waals surface area contributed by atoms with Crippen molar-refractivity contribution in [1.82, 2.24) is 5.32 Å². The molecular weight excluding hydrogens is 828 g/mol. The van der Waals surface area contributed by atoms with E-state index in [1.807, 2.05) is 27.2 Å². The largest absolute Gasteiger partial charge is 0.472 e. The van der Waals surface area contributed by atoms with Crippen molar-refractivity contribution in [3.8, 4) is 0 Å². The quantitative estimate of drug-likeness (QED) is 0.0243. The van der Waals surface area contributed by atoms with Gasteiger partial charge in [-0.2, -0.15) is 0 Å². The number of quaternary nitrogens is 1. The number of likely N-dealkylation sites (N-methyl/N-ethyl adjacent to an activating group) is 1. The average Bonchev–Trinajstić information content (AvgIpc) is 3.26. The fraction of sp³-hybridized carbons (Fsp3) is 0.661. The van der Waals surface area contributed by atoms with Crippen LogP contribution < -0.4 is 5.32 Å². The first-order valence-corrected chi connectivity index (χ1v) is 27.3. The summed E-state index contributed by atoms with van der Waals surface area (Å²) >= 11 is 0. The second kappa shape index (κ2) is 46.3. The van der Waals surface area contributed by atoms with Crippen LogP contribution in [0.4, 0.5) is 0 Å². The number of hydrogen-bond acceptors (Lipinski definition) is 5. The maximum Gasteiger partial charge on any atom is 0.472 e. The van der Waals surface area contributed by atoms with Crippen molar-refractivity contribution in [3.05, 3.63) is 109 Å². The molecule has 0 rings (SSSR count). The average molecular weight is 926 g/mol. The van der Waals surface area contributed by atoms with Crippen LogP contribution in [0.1, 0.15) is 187 Å². The highest BCUT2D eigenvalue weighted by Crippen LogP contribution is 2.43. The second-order valence-electron chi connectivity index (χ2n) is 18.2. The van der Waals surface area contributed by atoms with E-state index in [2.05, 4.69) is 116 Å². The molecular formula is C56H98N2O6P+. The van der Waals surface area contributed by atoms with E-state index in [0.29, 0.717) is 17.4 Å². The van der Waals surface area contributed by atoms with Gasteiger partial charge in [0.15, 0.2) is 0 Å². The number of carbonyl (C=O) groups excluding carboxylic acids is 1. The van der Waals surface area contributed by atoms with Crippen molar-refractivity contribution >= 4 is 13.7 Å². The van der Waals surface area contributed by atoms with Crippen molar-refractivity contribution in [3.63, 3.8) is 0 Å². The maximum absolute atomic E-state index is 12.9. The SMILES string of the molecule is CC/C=C\C/C=C\C/C=C\C/C=C\C/C=C\C/C=C\C/C=C\C/C=C\CCCCCCC(=O)NC(COP(=O)(O)OCC[N+](C)(C)C)C(O)/C=C/CCCCCCCCCCCCCC. The monoisotopic (exact) mass is 926 g/mol. The molecule has 0 aliphatic rings. The molecule has 0 fully saturated rings. The number of allylic oxidation sites excluding steroid dienone is 17. The molecule has 0 saturated heterocycles. The Bertz CT molecular complexity index is 1420. The highest BCUT2D eigenvalue weighted by Gasteiger charge is 2.27. The van der Waals surface area contributed by atoms with E-state index in [1.165, 1.54) is 64.2 Å². The Hall–Kier alpha value is -2.84. The zero-order valence-electron chi connectivity index (χ0n) is 42.2. The Labute approximate surface area is 400 Å². The van der Waals surface area contributed by atoms with Crippen LogP contribution in [-0.2, 0) is 18.4 Å². The van der Waals surface area contributed by atoms with Gasteiger partial charge in [0.25, 0.3) is 0 Å². The van der Waals surface area contributed by atoms with E-state index in [4.69, 9.17) is 9.05 Å². The highest BCUT2D eigenvalue weighted by atomic mass is 31.2. The normalized spacial score (nSPS) is 15.0. The number of aliphatic hydroxyl groups is 1. The summed E-state index contributed by atoms with van der Waals surface area (Å²) in [6.45, 7) is 4.66. The number of nitrogens with zero attached hydrogens (tertiary/aromatic N) is 1. The number of nitrogens with one attached hydrogen (secondary N) is 1. The minimum Gasteiger partial charge on any atom is -0.387 e. The van der Waals surface area contributed by atoms with Crippen LogP contribution >= 0.6 is 7.82 Å². The smallest absolute Gasteiger partial charge is 0.387 e. The van der Waals surface area contributed by atoms with Gasteiger partial charge in [-0.3, -0.25) is 13.8 Å². The lowest BCUT2D eigenvalue weighted by Crippen LogP contribution is -2.45. The highest BCUT2D eigenvalue weighted by molar-refractivity contribution is 7.47. The van der Waals surface area contributed by atoms with Gasteiger partial charge in [0.05, 0.1) is 39.9 Å². The lowest BCUT2D eigenvalue weighted by atomic mass is 10.0. The van der Waals surface area contributed by atoms with E-state index < -0.39 is 20.0 Å². The van der Waals surface area contributed by atoms with Crippen molar-refractivity contribution in [1.29, 1.82) is 0 Å². The Morgan fingerprint density at radius 3 is 1.35 bits per heavy atom. The third kappa shape index (κ3) is 48.9. The van der Waals surface area contributed by atoms with Crippen molar-refractivity contribution < 1.29 is 32.9 Å². The van der Waals surface area contributed by atoms with E-state index in [9.17, 15) is 19.4 Å². The Morgan fingerprint density at radius 2 is 0.923 bits per heavy atom. The summed E-state index contributed by atoms with van der Waals surface area (Å²) in [5.41, 5.74) is 0. The number of hydrogen-bond donors (Lipinski definition) is 3. The van der Waals surface area contributed by atoms with Gasteiger partial charge in [-0.05, 0) is 83.5 Å². The van der Waals surface area contributed by atoms with Crippen LogP contribution in [0.3, 0.4) is 0 Å². The molecule has 1 amide bonds. The Morgan fingerprint density at radius 1 is 0.538 bits per heavy atom. The lowest BCUT2D eigenvalue weighted by molar-refractivity contribution is -0.870. The zero-order chi connectivity index (χ0) is 47.8. The van der Waals surface area contributed by atoms with Crippen molar-refractivity contribution in [2.24, 2.45) is 0 Å². The van der Waals surface area contributed by atoms with Crippen LogP contribution in [0.25, 0.3) is 0 Å². The molecule has 0 bridgehead atoms. The first kappa shape index (κ1) is 62.2. The molecule has 0 saturated carbocycles. The Balaban J connectivity index is 4.35. The fourth-order valence-corrected chi connectivity index (χ4v) is 7.44. The standard InChI is InChI=1S/C56H97N2O6P/c1-6-8-10-12-14-16-18-20-22-23-24-25-26-27-28-29-30-31-32-33-34-35-36-38-40-42-44-46-48-50-56(60)57-54(53-64-65(61,62)63-52-51-58(3,4)5)55(59)49-47-45-43-41-39-37-21-19-17-15-13-11-9-7-2/h8,10,14,16,20,22,24-25,27-28,30-31,33-34,36,38,47,49,54-55,59H,6-7,9,11-13,15,17-19,21,23,26,29,32,35,37,39-46,48,50-53H2,1-5H3,(H-,57,60,61,62)/p+1/b10-8-,16-14-,22-20-,25-24-,28-27-,31-30-,34-33-,38-36-,49-47+. The maximum atomic E-state index is 12.9. The second-order valence-corrected chi connectivity index (χ2v) is 19.6. The van der Waals surface area contributed by atoms with Gasteiger partial charge in [0.1, 0.15) is 13.2 Å². The third-order valence-corrected chi connectivity index (χ3v) is 11.7. The molecule has 372 valence electrons. The molecule has 0 aliphatic carbocycles. The molecule has 8 nitrogen and oxygen atoms in total. The van der Waals surface area contributed by atoms with Gasteiger partial charge >= 0.3 is 7.82 Å². The first-order chi connectivity index (χ1) is 31.5. The van der Waals surface area contributed by atoms with Crippen molar-refractivity contribution in [2.75, 3.05) is 40.9 Å². The number of carbonyl (C=O) groups is 1. The summed E-state index contributed by atoms with van der Waals surface area (Å²) in [6.07, 6.45) is 67.4. The summed E-state index contributed by atoms with van der Waals surface area (Å²) in [5.74, 6) is -0.207. The molecule has 0 heterocycles. The van der Waals surface area contributed by atoms with Gasteiger partial charge in [-0.1, -0.05) is 207 Å². The van der Waals surface area contributed by atoms with E-state index >= 15 is 0 Å². The van der Waals surface area contributed by atoms with Crippen LogP contribution in [0, 0.1) is 0 Å². The summed E-state index contributed by atoms with van der Waals surface area (Å²) in [5, 5.41) is 13.8. The van der Waals surface area contributed by atoms with Crippen LogP contribution in [0.2, 0.25) is 0 Å². The molecule has 0 aromatic rings. The fourth-order valence-electron chi connectivity index (χ4n) is 6.70. The molecule has 3 unspecified atom stereocenters. The zero-order valence-corrected chi connectivity index (χ0v) is 43.1. The number of unbranched alkanes of at least 4 members (excludes halogenated alkanes) is 16. The van der Waals surface area contributed by atoms with Crippen LogP contribution in [-0.4, -0.2) is 73.4 Å². The van der Waals surface area contributed by atoms with E-state index in [-0.39, 0.29) is 19.1 Å². The summed E-state index contributed by atoms with van der Waals surface area (Å²) < 4.78 is 23.6.